The highest BCUT2D eigenvalue weighted by Gasteiger charge is 2.12. The van der Waals surface area contributed by atoms with E-state index in [9.17, 15) is 14.7 Å². The highest BCUT2D eigenvalue weighted by Crippen LogP contribution is 2.02. The second kappa shape index (κ2) is 14.3. The molecule has 1 unspecified atom stereocenters. The van der Waals surface area contributed by atoms with Gasteiger partial charge >= 0.3 is 11.9 Å². The summed E-state index contributed by atoms with van der Waals surface area (Å²) in [5.74, 6) is -2.51. The average Bonchev–Trinajstić information content (AvgIpc) is 2.64. The van der Waals surface area contributed by atoms with Gasteiger partial charge < -0.3 is 25.5 Å². The third kappa shape index (κ3) is 18.4. The fourth-order valence-electron chi connectivity index (χ4n) is 1.48. The molecule has 0 spiro atoms. The standard InChI is InChI=1S/C15H22ClN3O2.C4H4O4/c1-15(2,3)18-10-13(20)11-21-19-14(16)7-6-12-5-4-8-17-9-12;5-3(6)1-2-4(7)8/h4-9,13,18,20H,10-11H2,1-3H3;1-2H,(H,5,6)(H,7,8)/b;2-1-. The number of carboxylic acid groups (broad SMARTS) is 2. The number of halogens is 1. The van der Waals surface area contributed by atoms with Crippen molar-refractivity contribution in [3.63, 3.8) is 0 Å². The minimum Gasteiger partial charge on any atom is -0.478 e. The zero-order valence-electron chi connectivity index (χ0n) is 16.4. The Morgan fingerprint density at radius 2 is 1.90 bits per heavy atom. The summed E-state index contributed by atoms with van der Waals surface area (Å²) in [4.78, 5) is 28.1. The van der Waals surface area contributed by atoms with Crippen LogP contribution in [0.1, 0.15) is 26.3 Å². The Labute approximate surface area is 174 Å². The molecular weight excluding hydrogens is 402 g/mol. The molecule has 0 aliphatic carbocycles. The summed E-state index contributed by atoms with van der Waals surface area (Å²) < 4.78 is 0. The van der Waals surface area contributed by atoms with Crippen LogP contribution in [0.2, 0.25) is 0 Å². The Bertz CT molecular complexity index is 698. The lowest BCUT2D eigenvalue weighted by atomic mass is 10.1. The van der Waals surface area contributed by atoms with Crippen molar-refractivity contribution in [3.8, 4) is 0 Å². The van der Waals surface area contributed by atoms with E-state index >= 15 is 0 Å². The van der Waals surface area contributed by atoms with Gasteiger partial charge in [0.05, 0.1) is 0 Å². The van der Waals surface area contributed by atoms with Crippen LogP contribution in [0.25, 0.3) is 6.08 Å². The molecule has 0 aromatic carbocycles. The maximum Gasteiger partial charge on any atom is 0.328 e. The number of allylic oxidation sites excluding steroid dienone is 1. The van der Waals surface area contributed by atoms with Crippen molar-refractivity contribution in [3.05, 3.63) is 48.3 Å². The Kier molecular flexibility index (Phi) is 12.9. The lowest BCUT2D eigenvalue weighted by Gasteiger charge is -2.22. The molecule has 0 amide bonds. The molecule has 0 radical (unpaired) electrons. The Morgan fingerprint density at radius 3 is 2.38 bits per heavy atom. The molecule has 1 aromatic heterocycles. The van der Waals surface area contributed by atoms with Gasteiger partial charge in [0.1, 0.15) is 12.7 Å². The van der Waals surface area contributed by atoms with Crippen molar-refractivity contribution in [1.82, 2.24) is 10.3 Å². The summed E-state index contributed by atoms with van der Waals surface area (Å²) in [6, 6.07) is 3.73. The number of carboxylic acids is 2. The van der Waals surface area contributed by atoms with Crippen LogP contribution in [0.15, 0.2) is 47.9 Å². The Balaban J connectivity index is 0.000000828. The number of β-amino-alcohol motifs (C(OH)–C–C–N with tert-alkyl or cyclic N) is 1. The van der Waals surface area contributed by atoms with Gasteiger partial charge in [0, 0.05) is 36.6 Å². The molecule has 1 aromatic rings. The van der Waals surface area contributed by atoms with Gasteiger partial charge in [-0.05, 0) is 38.5 Å². The van der Waals surface area contributed by atoms with E-state index in [1.54, 1.807) is 24.5 Å². The first-order valence-electron chi connectivity index (χ1n) is 8.50. The first-order chi connectivity index (χ1) is 13.5. The average molecular weight is 428 g/mol. The van der Waals surface area contributed by atoms with Crippen LogP contribution in [0.5, 0.6) is 0 Å². The predicted octanol–water partition coefficient (Wildman–Crippen LogP) is 2.12. The largest absolute Gasteiger partial charge is 0.478 e. The third-order valence-corrected chi connectivity index (χ3v) is 2.95. The number of aliphatic hydroxyl groups excluding tert-OH is 1. The zero-order valence-corrected chi connectivity index (χ0v) is 17.2. The van der Waals surface area contributed by atoms with E-state index in [2.05, 4.69) is 15.5 Å². The summed E-state index contributed by atoms with van der Waals surface area (Å²) in [5.41, 5.74) is 0.870. The summed E-state index contributed by atoms with van der Waals surface area (Å²) in [5, 5.41) is 32.4. The van der Waals surface area contributed by atoms with Crippen LogP contribution < -0.4 is 5.32 Å². The molecule has 1 rings (SSSR count). The second-order valence-electron chi connectivity index (χ2n) is 6.62. The maximum absolute atomic E-state index is 9.71. The van der Waals surface area contributed by atoms with Crippen molar-refractivity contribution in [2.45, 2.75) is 32.4 Å². The topological polar surface area (TPSA) is 141 Å². The lowest BCUT2D eigenvalue weighted by molar-refractivity contribution is -0.134. The molecule has 0 bridgehead atoms. The number of pyridine rings is 1. The quantitative estimate of drug-likeness (QED) is 0.267. The molecule has 1 heterocycles. The molecule has 10 heteroatoms. The molecule has 29 heavy (non-hydrogen) atoms. The van der Waals surface area contributed by atoms with E-state index in [1.165, 1.54) is 0 Å². The van der Waals surface area contributed by atoms with Crippen LogP contribution in [0, 0.1) is 0 Å². The molecule has 0 saturated carbocycles. The molecule has 160 valence electrons. The van der Waals surface area contributed by atoms with Gasteiger partial charge in [0.2, 0.25) is 0 Å². The van der Waals surface area contributed by atoms with E-state index < -0.39 is 18.0 Å². The summed E-state index contributed by atoms with van der Waals surface area (Å²) in [6.45, 7) is 6.60. The molecule has 4 N–H and O–H groups in total. The van der Waals surface area contributed by atoms with E-state index in [1.807, 2.05) is 32.9 Å². The maximum atomic E-state index is 9.71. The van der Waals surface area contributed by atoms with Crippen LogP contribution in [-0.2, 0) is 14.4 Å². The van der Waals surface area contributed by atoms with Crippen LogP contribution >= 0.6 is 11.6 Å². The number of rotatable bonds is 9. The number of hydrogen-bond acceptors (Lipinski definition) is 7. The normalized spacial score (nSPS) is 13.1. The van der Waals surface area contributed by atoms with Crippen molar-refractivity contribution in [1.29, 1.82) is 0 Å². The molecule has 0 aliphatic heterocycles. The predicted molar refractivity (Wildman–Crippen MR) is 111 cm³/mol. The Hall–Kier alpha value is -2.75. The second-order valence-corrected chi connectivity index (χ2v) is 7.01. The number of nitrogens with zero attached hydrogens (tertiary/aromatic N) is 2. The van der Waals surface area contributed by atoms with Crippen LogP contribution in [0.4, 0.5) is 0 Å². The highest BCUT2D eigenvalue weighted by molar-refractivity contribution is 6.68. The van der Waals surface area contributed by atoms with Crippen molar-refractivity contribution >= 4 is 34.8 Å². The molecule has 0 fully saturated rings. The third-order valence-electron chi connectivity index (χ3n) is 2.75. The summed E-state index contributed by atoms with van der Waals surface area (Å²) in [7, 11) is 0. The van der Waals surface area contributed by atoms with E-state index in [4.69, 9.17) is 26.7 Å². The van der Waals surface area contributed by atoms with E-state index in [0.29, 0.717) is 18.7 Å². The number of hydrogen-bond donors (Lipinski definition) is 4. The van der Waals surface area contributed by atoms with Crippen LogP contribution in [-0.4, -0.2) is 62.2 Å². The fourth-order valence-corrected chi connectivity index (χ4v) is 1.59. The molecule has 9 nitrogen and oxygen atoms in total. The number of oxime groups is 1. The number of carbonyl (C=O) groups is 2. The van der Waals surface area contributed by atoms with Gasteiger partial charge in [-0.25, -0.2) is 9.59 Å². The van der Waals surface area contributed by atoms with Gasteiger partial charge in [-0.2, -0.15) is 0 Å². The van der Waals surface area contributed by atoms with E-state index in [0.717, 1.165) is 5.56 Å². The van der Waals surface area contributed by atoms with E-state index in [-0.39, 0.29) is 17.3 Å². The fraction of sp³-hybridized carbons (Fsp3) is 0.368. The smallest absolute Gasteiger partial charge is 0.328 e. The number of aromatic nitrogens is 1. The molecular formula is C19H26ClN3O6. The lowest BCUT2D eigenvalue weighted by Crippen LogP contribution is -2.42. The van der Waals surface area contributed by atoms with Gasteiger partial charge in [-0.3, -0.25) is 4.98 Å². The van der Waals surface area contributed by atoms with Gasteiger partial charge in [0.15, 0.2) is 5.17 Å². The summed E-state index contributed by atoms with van der Waals surface area (Å²) >= 11 is 5.88. The minimum absolute atomic E-state index is 0.0473. The van der Waals surface area contributed by atoms with Gasteiger partial charge in [0.25, 0.3) is 0 Å². The first kappa shape index (κ1) is 26.2. The zero-order chi connectivity index (χ0) is 22.3. The molecule has 0 saturated heterocycles. The number of nitrogens with one attached hydrogen (secondary N) is 1. The summed E-state index contributed by atoms with van der Waals surface area (Å²) in [6.07, 6.45) is 7.27. The highest BCUT2D eigenvalue weighted by atomic mass is 35.5. The minimum atomic E-state index is -1.26. The van der Waals surface area contributed by atoms with Gasteiger partial charge in [-0.15, -0.1) is 0 Å². The van der Waals surface area contributed by atoms with Crippen molar-refractivity contribution in [2.75, 3.05) is 13.2 Å². The SMILES string of the molecule is CC(C)(C)NCC(O)CON=C(Cl)C=Cc1cccnc1.O=C(O)/C=C\C(=O)O. The Morgan fingerprint density at radius 1 is 1.28 bits per heavy atom. The first-order valence-corrected chi connectivity index (χ1v) is 8.88. The van der Waals surface area contributed by atoms with Crippen molar-refractivity contribution in [2.24, 2.45) is 5.16 Å². The molecule has 1 atom stereocenters. The van der Waals surface area contributed by atoms with Crippen LogP contribution in [0.3, 0.4) is 0 Å². The monoisotopic (exact) mass is 427 g/mol. The number of aliphatic hydroxyl groups is 1. The van der Waals surface area contributed by atoms with Gasteiger partial charge in [-0.1, -0.05) is 28.9 Å². The van der Waals surface area contributed by atoms with Crippen molar-refractivity contribution < 1.29 is 29.7 Å². The number of aliphatic carboxylic acids is 2. The molecule has 0 aliphatic rings.